The van der Waals surface area contributed by atoms with Crippen molar-refractivity contribution in [2.45, 2.75) is 18.9 Å². The number of nitrogens with zero attached hydrogens (tertiary/aromatic N) is 1. The van der Waals surface area contributed by atoms with E-state index in [-0.39, 0.29) is 6.61 Å². The second-order valence-corrected chi connectivity index (χ2v) is 6.10. The lowest BCUT2D eigenvalue weighted by molar-refractivity contribution is 0.100. The number of aromatic nitrogens is 1. The zero-order chi connectivity index (χ0) is 18.2. The van der Waals surface area contributed by atoms with Crippen molar-refractivity contribution in [3.8, 4) is 22.8 Å². The highest BCUT2D eigenvalue weighted by atomic mass is 16.5. The highest BCUT2D eigenvalue weighted by molar-refractivity contribution is 5.63. The average molecular weight is 349 g/mol. The molecule has 1 N–H and O–H groups in total. The molecule has 134 valence electrons. The number of ether oxygens (including phenoxy) is 2. The zero-order valence-corrected chi connectivity index (χ0v) is 14.8. The maximum absolute atomic E-state index is 10.2. The smallest absolute Gasteiger partial charge is 0.213 e. The summed E-state index contributed by atoms with van der Waals surface area (Å²) >= 11 is 0. The van der Waals surface area contributed by atoms with E-state index in [9.17, 15) is 5.11 Å². The Morgan fingerprint density at radius 3 is 2.42 bits per heavy atom. The molecule has 3 rings (SSSR count). The van der Waals surface area contributed by atoms with E-state index in [1.54, 1.807) is 13.3 Å². The molecule has 0 aliphatic carbocycles. The molecule has 1 aromatic heterocycles. The molecule has 1 atom stereocenters. The molecule has 3 aromatic rings. The molecule has 0 radical (unpaired) electrons. The van der Waals surface area contributed by atoms with Gasteiger partial charge in [-0.2, -0.15) is 0 Å². The van der Waals surface area contributed by atoms with E-state index in [1.807, 2.05) is 54.6 Å². The van der Waals surface area contributed by atoms with E-state index < -0.39 is 6.10 Å². The molecule has 0 aliphatic heterocycles. The third-order valence-corrected chi connectivity index (χ3v) is 4.18. The van der Waals surface area contributed by atoms with Crippen LogP contribution >= 0.6 is 0 Å². The third-order valence-electron chi connectivity index (χ3n) is 4.18. The molecule has 26 heavy (non-hydrogen) atoms. The first kappa shape index (κ1) is 18.0. The molecule has 0 fully saturated rings. The Balaban J connectivity index is 1.47. The fourth-order valence-corrected chi connectivity index (χ4v) is 2.70. The fraction of sp³-hybridized carbons (Fsp3) is 0.227. The lowest BCUT2D eigenvalue weighted by Gasteiger charge is -2.13. The summed E-state index contributed by atoms with van der Waals surface area (Å²) in [6.07, 6.45) is 2.56. The van der Waals surface area contributed by atoms with Crippen LogP contribution in [0.4, 0.5) is 0 Å². The summed E-state index contributed by atoms with van der Waals surface area (Å²) in [5.74, 6) is 1.35. The lowest BCUT2D eigenvalue weighted by Crippen LogP contribution is -2.18. The predicted octanol–water partition coefficient (Wildman–Crippen LogP) is 4.13. The van der Waals surface area contributed by atoms with Crippen molar-refractivity contribution >= 4 is 0 Å². The Labute approximate surface area is 154 Å². The molecular formula is C22H23NO3. The van der Waals surface area contributed by atoms with Crippen molar-refractivity contribution in [3.63, 3.8) is 0 Å². The Bertz CT molecular complexity index is 803. The number of aliphatic hydroxyl groups excluding tert-OH is 1. The van der Waals surface area contributed by atoms with Crippen molar-refractivity contribution in [1.82, 2.24) is 4.98 Å². The van der Waals surface area contributed by atoms with Gasteiger partial charge in [0.1, 0.15) is 12.4 Å². The first-order valence-electron chi connectivity index (χ1n) is 8.70. The largest absolute Gasteiger partial charge is 0.491 e. The van der Waals surface area contributed by atoms with Crippen LogP contribution in [0.1, 0.15) is 12.0 Å². The average Bonchev–Trinajstić information content (AvgIpc) is 2.72. The van der Waals surface area contributed by atoms with Crippen LogP contribution < -0.4 is 9.47 Å². The van der Waals surface area contributed by atoms with E-state index in [0.717, 1.165) is 23.3 Å². The summed E-state index contributed by atoms with van der Waals surface area (Å²) in [7, 11) is 1.60. The quantitative estimate of drug-likeness (QED) is 0.664. The number of hydrogen-bond donors (Lipinski definition) is 1. The Morgan fingerprint density at radius 2 is 1.69 bits per heavy atom. The van der Waals surface area contributed by atoms with Gasteiger partial charge in [-0.05, 0) is 47.7 Å². The molecule has 2 aromatic carbocycles. The summed E-state index contributed by atoms with van der Waals surface area (Å²) in [4.78, 5) is 4.08. The highest BCUT2D eigenvalue weighted by Crippen LogP contribution is 2.22. The van der Waals surface area contributed by atoms with Crippen LogP contribution in [0, 0.1) is 0 Å². The van der Waals surface area contributed by atoms with Gasteiger partial charge in [0.2, 0.25) is 5.88 Å². The summed E-state index contributed by atoms with van der Waals surface area (Å²) in [5, 5.41) is 10.2. The van der Waals surface area contributed by atoms with Crippen LogP contribution in [0.25, 0.3) is 11.1 Å². The van der Waals surface area contributed by atoms with Gasteiger partial charge in [0, 0.05) is 12.3 Å². The van der Waals surface area contributed by atoms with Gasteiger partial charge < -0.3 is 14.6 Å². The van der Waals surface area contributed by atoms with Crippen molar-refractivity contribution in [2.24, 2.45) is 0 Å². The van der Waals surface area contributed by atoms with Crippen molar-refractivity contribution in [1.29, 1.82) is 0 Å². The minimum Gasteiger partial charge on any atom is -0.491 e. The topological polar surface area (TPSA) is 51.6 Å². The van der Waals surface area contributed by atoms with Gasteiger partial charge in [-0.25, -0.2) is 4.98 Å². The van der Waals surface area contributed by atoms with Gasteiger partial charge >= 0.3 is 0 Å². The van der Waals surface area contributed by atoms with Gasteiger partial charge in [0.15, 0.2) is 0 Å². The van der Waals surface area contributed by atoms with Gasteiger partial charge in [-0.15, -0.1) is 0 Å². The van der Waals surface area contributed by atoms with Gasteiger partial charge in [0.25, 0.3) is 0 Å². The number of aryl methyl sites for hydroxylation is 1. The van der Waals surface area contributed by atoms with Crippen LogP contribution in [0.5, 0.6) is 11.6 Å². The van der Waals surface area contributed by atoms with Gasteiger partial charge in [0.05, 0.1) is 13.2 Å². The number of benzene rings is 2. The molecule has 1 unspecified atom stereocenters. The first-order valence-corrected chi connectivity index (χ1v) is 8.70. The maximum atomic E-state index is 10.2. The summed E-state index contributed by atoms with van der Waals surface area (Å²) in [6.45, 7) is 0.271. The maximum Gasteiger partial charge on any atom is 0.213 e. The third kappa shape index (κ3) is 5.07. The first-order chi connectivity index (χ1) is 12.7. The van der Waals surface area contributed by atoms with E-state index in [0.29, 0.717) is 12.3 Å². The normalized spacial score (nSPS) is 11.8. The minimum absolute atomic E-state index is 0.271. The molecule has 0 aliphatic rings. The molecule has 0 saturated heterocycles. The second kappa shape index (κ2) is 9.02. The van der Waals surface area contributed by atoms with Gasteiger partial charge in [-0.3, -0.25) is 0 Å². The molecule has 0 spiro atoms. The SMILES string of the molecule is COc1cc(CCC(O)COc2ccc(-c3ccccc3)cc2)ccn1. The van der Waals surface area contributed by atoms with E-state index in [2.05, 4.69) is 17.1 Å². The predicted molar refractivity (Wildman–Crippen MR) is 102 cm³/mol. The number of aliphatic hydroxyl groups is 1. The standard InChI is InChI=1S/C22H23NO3/c1-25-22-15-17(13-14-23-22)7-10-20(24)16-26-21-11-8-19(9-12-21)18-5-3-2-4-6-18/h2-6,8-9,11-15,20,24H,7,10,16H2,1H3. The monoisotopic (exact) mass is 349 g/mol. The molecule has 0 amide bonds. The van der Waals surface area contributed by atoms with E-state index >= 15 is 0 Å². The molecule has 4 nitrogen and oxygen atoms in total. The molecular weight excluding hydrogens is 326 g/mol. The van der Waals surface area contributed by atoms with Crippen LogP contribution in [-0.2, 0) is 6.42 Å². The summed E-state index contributed by atoms with van der Waals surface area (Å²) in [6, 6.07) is 21.9. The van der Waals surface area contributed by atoms with Crippen LogP contribution in [0.2, 0.25) is 0 Å². The van der Waals surface area contributed by atoms with Crippen molar-refractivity contribution in [3.05, 3.63) is 78.5 Å². The van der Waals surface area contributed by atoms with Crippen molar-refractivity contribution < 1.29 is 14.6 Å². The second-order valence-electron chi connectivity index (χ2n) is 6.10. The van der Waals surface area contributed by atoms with Crippen molar-refractivity contribution in [2.75, 3.05) is 13.7 Å². The Hall–Kier alpha value is -2.85. The molecule has 4 heteroatoms. The lowest BCUT2D eigenvalue weighted by atomic mass is 10.1. The molecule has 1 heterocycles. The highest BCUT2D eigenvalue weighted by Gasteiger charge is 2.07. The number of pyridine rings is 1. The Morgan fingerprint density at radius 1 is 0.962 bits per heavy atom. The number of rotatable bonds is 8. The van der Waals surface area contributed by atoms with E-state index in [1.165, 1.54) is 5.56 Å². The Kier molecular flexibility index (Phi) is 6.23. The molecule has 0 bridgehead atoms. The molecule has 0 saturated carbocycles. The zero-order valence-electron chi connectivity index (χ0n) is 14.8. The van der Waals surface area contributed by atoms with Crippen LogP contribution in [0.3, 0.4) is 0 Å². The summed E-state index contributed by atoms with van der Waals surface area (Å²) < 4.78 is 10.8. The minimum atomic E-state index is -0.525. The number of hydrogen-bond acceptors (Lipinski definition) is 4. The van der Waals surface area contributed by atoms with Crippen LogP contribution in [-0.4, -0.2) is 29.9 Å². The van der Waals surface area contributed by atoms with Gasteiger partial charge in [-0.1, -0.05) is 42.5 Å². The van der Waals surface area contributed by atoms with E-state index in [4.69, 9.17) is 9.47 Å². The number of methoxy groups -OCH3 is 1. The fourth-order valence-electron chi connectivity index (χ4n) is 2.70. The summed E-state index contributed by atoms with van der Waals surface area (Å²) in [5.41, 5.74) is 3.40. The van der Waals surface area contributed by atoms with Crippen LogP contribution in [0.15, 0.2) is 72.9 Å².